The molecule has 1 aromatic rings. The van der Waals surface area contributed by atoms with Crippen LogP contribution in [0.25, 0.3) is 0 Å². The number of hydrogen-bond donors (Lipinski definition) is 1. The Balaban J connectivity index is 1.65. The van der Waals surface area contributed by atoms with Gasteiger partial charge in [0, 0.05) is 31.6 Å². The third-order valence-electron chi connectivity index (χ3n) is 3.08. The summed E-state index contributed by atoms with van der Waals surface area (Å²) in [4.78, 5) is 8.59. The fraction of sp³-hybridized carbons (Fsp3) is 0.692. The second-order valence-corrected chi connectivity index (χ2v) is 4.72. The van der Waals surface area contributed by atoms with Gasteiger partial charge in [0.15, 0.2) is 0 Å². The van der Waals surface area contributed by atoms with Gasteiger partial charge in [-0.3, -0.25) is 9.97 Å². The fourth-order valence-electron chi connectivity index (χ4n) is 1.82. The predicted molar refractivity (Wildman–Crippen MR) is 66.7 cm³/mol. The first kappa shape index (κ1) is 12.5. The minimum Gasteiger partial charge on any atom is -0.380 e. The molecule has 4 heteroatoms. The topological polar surface area (TPSA) is 47.0 Å². The predicted octanol–water partition coefficient (Wildman–Crippen LogP) is 1.86. The van der Waals surface area contributed by atoms with E-state index in [1.165, 1.54) is 12.8 Å². The number of rotatable bonds is 7. The van der Waals surface area contributed by atoms with Gasteiger partial charge in [-0.05, 0) is 32.6 Å². The van der Waals surface area contributed by atoms with Crippen LogP contribution in [-0.4, -0.2) is 29.7 Å². The minimum atomic E-state index is 0.230. The van der Waals surface area contributed by atoms with E-state index in [1.807, 2.05) is 6.92 Å². The summed E-state index contributed by atoms with van der Waals surface area (Å²) >= 11 is 0. The maximum atomic E-state index is 5.58. The van der Waals surface area contributed by atoms with E-state index in [-0.39, 0.29) is 6.04 Å². The van der Waals surface area contributed by atoms with E-state index in [0.717, 1.165) is 37.1 Å². The van der Waals surface area contributed by atoms with Gasteiger partial charge in [-0.2, -0.15) is 0 Å². The van der Waals surface area contributed by atoms with Crippen LogP contribution >= 0.6 is 0 Å². The van der Waals surface area contributed by atoms with Crippen LogP contribution in [0.3, 0.4) is 0 Å². The third kappa shape index (κ3) is 4.06. The van der Waals surface area contributed by atoms with Gasteiger partial charge in [0.1, 0.15) is 0 Å². The second-order valence-electron chi connectivity index (χ2n) is 4.72. The molecule has 0 saturated heterocycles. The molecule has 1 heterocycles. The zero-order chi connectivity index (χ0) is 12.1. The summed E-state index contributed by atoms with van der Waals surface area (Å²) in [5.41, 5.74) is 2.01. The molecule has 0 amide bonds. The Bertz CT molecular complexity index is 352. The van der Waals surface area contributed by atoms with E-state index in [1.54, 1.807) is 12.4 Å². The van der Waals surface area contributed by atoms with Gasteiger partial charge in [-0.15, -0.1) is 0 Å². The largest absolute Gasteiger partial charge is 0.380 e. The van der Waals surface area contributed by atoms with E-state index in [4.69, 9.17) is 4.74 Å². The number of hydrogen-bond acceptors (Lipinski definition) is 4. The molecule has 17 heavy (non-hydrogen) atoms. The Kier molecular flexibility index (Phi) is 4.45. The fourth-order valence-corrected chi connectivity index (χ4v) is 1.82. The highest BCUT2D eigenvalue weighted by molar-refractivity contribution is 5.12. The summed E-state index contributed by atoms with van der Waals surface area (Å²) in [6.45, 7) is 6.67. The van der Waals surface area contributed by atoms with Crippen LogP contribution in [0.5, 0.6) is 0 Å². The standard InChI is InChI=1S/C13H21N3O/c1-10-13(16-6-5-14-10)11(2)15-7-8-17-9-12-3-4-12/h5-6,11-12,15H,3-4,7-9H2,1-2H3. The molecule has 1 aromatic heterocycles. The Morgan fingerprint density at radius 1 is 1.41 bits per heavy atom. The van der Waals surface area contributed by atoms with Crippen molar-refractivity contribution in [2.75, 3.05) is 19.8 Å². The summed E-state index contributed by atoms with van der Waals surface area (Å²) in [6.07, 6.45) is 6.17. The highest BCUT2D eigenvalue weighted by Crippen LogP contribution is 2.28. The molecular weight excluding hydrogens is 214 g/mol. The third-order valence-corrected chi connectivity index (χ3v) is 3.08. The van der Waals surface area contributed by atoms with Crippen molar-refractivity contribution in [2.24, 2.45) is 5.92 Å². The Morgan fingerprint density at radius 2 is 2.18 bits per heavy atom. The van der Waals surface area contributed by atoms with Crippen LogP contribution in [0.2, 0.25) is 0 Å². The van der Waals surface area contributed by atoms with Crippen LogP contribution in [0.1, 0.15) is 37.2 Å². The summed E-state index contributed by atoms with van der Waals surface area (Å²) in [5, 5.41) is 3.41. The SMILES string of the molecule is Cc1nccnc1C(C)NCCOCC1CC1. The molecule has 4 nitrogen and oxygen atoms in total. The van der Waals surface area contributed by atoms with Crippen molar-refractivity contribution in [3.63, 3.8) is 0 Å². The van der Waals surface area contributed by atoms with Gasteiger partial charge in [0.2, 0.25) is 0 Å². The number of nitrogens with zero attached hydrogens (tertiary/aromatic N) is 2. The maximum absolute atomic E-state index is 5.58. The van der Waals surface area contributed by atoms with Crippen molar-refractivity contribution in [2.45, 2.75) is 32.7 Å². The average molecular weight is 235 g/mol. The van der Waals surface area contributed by atoms with E-state index in [0.29, 0.717) is 0 Å². The molecule has 1 saturated carbocycles. The normalized spacial score (nSPS) is 17.1. The molecule has 1 unspecified atom stereocenters. The van der Waals surface area contributed by atoms with Crippen molar-refractivity contribution >= 4 is 0 Å². The first-order valence-corrected chi connectivity index (χ1v) is 6.36. The highest BCUT2D eigenvalue weighted by atomic mass is 16.5. The van der Waals surface area contributed by atoms with Gasteiger partial charge in [-0.25, -0.2) is 0 Å². The Labute approximate surface area is 103 Å². The molecular formula is C13H21N3O. The molecule has 0 aliphatic heterocycles. The lowest BCUT2D eigenvalue weighted by atomic mass is 10.2. The average Bonchev–Trinajstić information content (AvgIpc) is 3.13. The zero-order valence-electron chi connectivity index (χ0n) is 10.6. The van der Waals surface area contributed by atoms with Gasteiger partial charge in [-0.1, -0.05) is 0 Å². The number of nitrogens with one attached hydrogen (secondary N) is 1. The van der Waals surface area contributed by atoms with Crippen molar-refractivity contribution in [1.82, 2.24) is 15.3 Å². The molecule has 1 aliphatic rings. The number of aromatic nitrogens is 2. The Morgan fingerprint density at radius 3 is 2.88 bits per heavy atom. The van der Waals surface area contributed by atoms with Crippen LogP contribution in [0, 0.1) is 12.8 Å². The summed E-state index contributed by atoms with van der Waals surface area (Å²) < 4.78 is 5.58. The van der Waals surface area contributed by atoms with Crippen molar-refractivity contribution in [1.29, 1.82) is 0 Å². The van der Waals surface area contributed by atoms with Gasteiger partial charge < -0.3 is 10.1 Å². The molecule has 1 N–H and O–H groups in total. The summed E-state index contributed by atoms with van der Waals surface area (Å²) in [6, 6.07) is 0.230. The van der Waals surface area contributed by atoms with Gasteiger partial charge in [0.25, 0.3) is 0 Å². The maximum Gasteiger partial charge on any atom is 0.0782 e. The molecule has 1 aliphatic carbocycles. The highest BCUT2D eigenvalue weighted by Gasteiger charge is 2.20. The molecule has 0 radical (unpaired) electrons. The van der Waals surface area contributed by atoms with Crippen molar-refractivity contribution in [3.8, 4) is 0 Å². The van der Waals surface area contributed by atoms with Crippen molar-refractivity contribution < 1.29 is 4.74 Å². The lowest BCUT2D eigenvalue weighted by Crippen LogP contribution is -2.25. The van der Waals surface area contributed by atoms with E-state index in [2.05, 4.69) is 22.2 Å². The minimum absolute atomic E-state index is 0.230. The van der Waals surface area contributed by atoms with Crippen LogP contribution < -0.4 is 5.32 Å². The first-order valence-electron chi connectivity index (χ1n) is 6.36. The zero-order valence-corrected chi connectivity index (χ0v) is 10.6. The molecule has 1 atom stereocenters. The molecule has 0 bridgehead atoms. The van der Waals surface area contributed by atoms with E-state index in [9.17, 15) is 0 Å². The summed E-state index contributed by atoms with van der Waals surface area (Å²) in [5.74, 6) is 0.842. The Hall–Kier alpha value is -1.00. The molecule has 94 valence electrons. The lowest BCUT2D eigenvalue weighted by molar-refractivity contribution is 0.124. The number of ether oxygens (including phenoxy) is 1. The quantitative estimate of drug-likeness (QED) is 0.733. The molecule has 2 rings (SSSR count). The molecule has 1 fully saturated rings. The van der Waals surface area contributed by atoms with Gasteiger partial charge in [0.05, 0.1) is 18.0 Å². The summed E-state index contributed by atoms with van der Waals surface area (Å²) in [7, 11) is 0. The van der Waals surface area contributed by atoms with E-state index < -0.39 is 0 Å². The smallest absolute Gasteiger partial charge is 0.0782 e. The monoisotopic (exact) mass is 235 g/mol. The van der Waals surface area contributed by atoms with E-state index >= 15 is 0 Å². The number of aryl methyl sites for hydroxylation is 1. The second kappa shape index (κ2) is 6.07. The van der Waals surface area contributed by atoms with Crippen LogP contribution in [-0.2, 0) is 4.74 Å². The van der Waals surface area contributed by atoms with Crippen LogP contribution in [0.15, 0.2) is 12.4 Å². The first-order chi connectivity index (χ1) is 8.27. The van der Waals surface area contributed by atoms with Crippen LogP contribution in [0.4, 0.5) is 0 Å². The van der Waals surface area contributed by atoms with Gasteiger partial charge >= 0.3 is 0 Å². The molecule has 0 aromatic carbocycles. The molecule has 0 spiro atoms. The lowest BCUT2D eigenvalue weighted by Gasteiger charge is -2.14. The van der Waals surface area contributed by atoms with Crippen molar-refractivity contribution in [3.05, 3.63) is 23.8 Å².